The van der Waals surface area contributed by atoms with Gasteiger partial charge in [0.25, 0.3) is 0 Å². The lowest BCUT2D eigenvalue weighted by Gasteiger charge is -2.18. The summed E-state index contributed by atoms with van der Waals surface area (Å²) in [6, 6.07) is 10.8. The molecule has 2 aromatic rings. The highest BCUT2D eigenvalue weighted by atomic mass is 32.2. The summed E-state index contributed by atoms with van der Waals surface area (Å²) < 4.78 is 24.4. The topological polar surface area (TPSA) is 74.3 Å². The molecule has 2 N–H and O–H groups in total. The van der Waals surface area contributed by atoms with Gasteiger partial charge in [0.15, 0.2) is 5.11 Å². The summed E-state index contributed by atoms with van der Waals surface area (Å²) in [5.74, 6) is 0. The Morgan fingerprint density at radius 2 is 2.09 bits per heavy atom. The molecule has 0 aliphatic rings. The molecular formula is C15H18N4O2S2. The number of pyridine rings is 1. The van der Waals surface area contributed by atoms with Crippen LogP contribution in [-0.4, -0.2) is 31.8 Å². The maximum absolute atomic E-state index is 11.6. The quantitative estimate of drug-likeness (QED) is 0.803. The van der Waals surface area contributed by atoms with Crippen LogP contribution in [0, 0.1) is 0 Å². The molecule has 0 amide bonds. The molecule has 8 heteroatoms. The Kier molecular flexibility index (Phi) is 5.51. The Hall–Kier alpha value is -2.19. The van der Waals surface area contributed by atoms with E-state index >= 15 is 0 Å². The van der Waals surface area contributed by atoms with Crippen molar-refractivity contribution >= 4 is 38.7 Å². The van der Waals surface area contributed by atoms with Gasteiger partial charge in [0, 0.05) is 31.7 Å². The summed E-state index contributed by atoms with van der Waals surface area (Å²) in [7, 11) is -1.79. The van der Waals surface area contributed by atoms with Crippen LogP contribution in [0.1, 0.15) is 5.56 Å². The first-order valence-electron chi connectivity index (χ1n) is 6.84. The van der Waals surface area contributed by atoms with Gasteiger partial charge in [-0.2, -0.15) is 0 Å². The van der Waals surface area contributed by atoms with Gasteiger partial charge in [-0.25, -0.2) is 8.42 Å². The molecule has 122 valence electrons. The Balaban J connectivity index is 1.99. The van der Waals surface area contributed by atoms with E-state index in [9.17, 15) is 8.42 Å². The standard InChI is InChI=1S/C15H18N4O2S2/c1-19(23(2,20)21)14-7-3-6-13(9-14)18-15(22)17-11-12-5-4-8-16-10-12/h3-10H,11H2,1-2H3,(H2,17,18,22). The van der Waals surface area contributed by atoms with E-state index in [0.29, 0.717) is 23.0 Å². The lowest BCUT2D eigenvalue weighted by molar-refractivity contribution is 0.600. The number of rotatable bonds is 5. The second-order valence-corrected chi connectivity index (χ2v) is 7.37. The first-order valence-corrected chi connectivity index (χ1v) is 9.09. The van der Waals surface area contributed by atoms with Crippen molar-refractivity contribution in [3.05, 3.63) is 54.4 Å². The highest BCUT2D eigenvalue weighted by Crippen LogP contribution is 2.20. The number of thiocarbonyl (C=S) groups is 1. The van der Waals surface area contributed by atoms with Gasteiger partial charge in [0.05, 0.1) is 11.9 Å². The SMILES string of the molecule is CN(c1cccc(NC(=S)NCc2cccnc2)c1)S(C)(=O)=O. The van der Waals surface area contributed by atoms with Crippen molar-refractivity contribution in [1.82, 2.24) is 10.3 Å². The summed E-state index contributed by atoms with van der Waals surface area (Å²) in [6.45, 7) is 0.558. The minimum absolute atomic E-state index is 0.452. The molecule has 0 spiro atoms. The van der Waals surface area contributed by atoms with Gasteiger partial charge in [0.1, 0.15) is 0 Å². The number of nitrogens with one attached hydrogen (secondary N) is 2. The van der Waals surface area contributed by atoms with Crippen LogP contribution in [0.4, 0.5) is 11.4 Å². The van der Waals surface area contributed by atoms with Gasteiger partial charge >= 0.3 is 0 Å². The Morgan fingerprint density at radius 1 is 1.30 bits per heavy atom. The summed E-state index contributed by atoms with van der Waals surface area (Å²) >= 11 is 5.24. The maximum Gasteiger partial charge on any atom is 0.231 e. The third-order valence-electron chi connectivity index (χ3n) is 3.14. The number of hydrogen-bond donors (Lipinski definition) is 2. The molecule has 6 nitrogen and oxygen atoms in total. The van der Waals surface area contributed by atoms with E-state index < -0.39 is 10.0 Å². The second-order valence-electron chi connectivity index (χ2n) is 4.95. The van der Waals surface area contributed by atoms with E-state index in [2.05, 4.69) is 15.6 Å². The van der Waals surface area contributed by atoms with E-state index in [-0.39, 0.29) is 0 Å². The molecule has 0 aliphatic heterocycles. The first kappa shape index (κ1) is 17.2. The number of hydrogen-bond acceptors (Lipinski definition) is 4. The van der Waals surface area contributed by atoms with E-state index in [0.717, 1.165) is 11.8 Å². The van der Waals surface area contributed by atoms with Crippen molar-refractivity contribution in [2.24, 2.45) is 0 Å². The normalized spacial score (nSPS) is 10.9. The fourth-order valence-electron chi connectivity index (χ4n) is 1.83. The maximum atomic E-state index is 11.6. The molecule has 2 rings (SSSR count). The van der Waals surface area contributed by atoms with Crippen molar-refractivity contribution < 1.29 is 8.42 Å². The third-order valence-corrected chi connectivity index (χ3v) is 4.59. The van der Waals surface area contributed by atoms with E-state index in [4.69, 9.17) is 12.2 Å². The fraction of sp³-hybridized carbons (Fsp3) is 0.200. The second kappa shape index (κ2) is 7.38. The molecule has 1 heterocycles. The van der Waals surface area contributed by atoms with E-state index in [1.807, 2.05) is 18.2 Å². The van der Waals surface area contributed by atoms with Crippen molar-refractivity contribution in [2.45, 2.75) is 6.54 Å². The molecule has 0 unspecified atom stereocenters. The molecule has 0 saturated heterocycles. The average molecular weight is 350 g/mol. The van der Waals surface area contributed by atoms with Crippen molar-refractivity contribution in [3.8, 4) is 0 Å². The molecule has 0 bridgehead atoms. The number of anilines is 2. The first-order chi connectivity index (χ1) is 10.9. The fourth-order valence-corrected chi connectivity index (χ4v) is 2.52. The number of aromatic nitrogens is 1. The summed E-state index contributed by atoms with van der Waals surface area (Å²) in [5, 5.41) is 6.56. The van der Waals surface area contributed by atoms with Crippen LogP contribution in [0.15, 0.2) is 48.8 Å². The zero-order valence-corrected chi connectivity index (χ0v) is 14.5. The van der Waals surface area contributed by atoms with E-state index in [1.54, 1.807) is 30.6 Å². The zero-order chi connectivity index (χ0) is 16.9. The molecule has 1 aromatic carbocycles. The summed E-state index contributed by atoms with van der Waals surface area (Å²) in [5.41, 5.74) is 2.29. The Labute approximate surface area is 141 Å². The lowest BCUT2D eigenvalue weighted by Crippen LogP contribution is -2.28. The predicted molar refractivity (Wildman–Crippen MR) is 97.0 cm³/mol. The minimum Gasteiger partial charge on any atom is -0.358 e. The van der Waals surface area contributed by atoms with Gasteiger partial charge in [-0.15, -0.1) is 0 Å². The van der Waals surface area contributed by atoms with Crippen LogP contribution in [0.3, 0.4) is 0 Å². The third kappa shape index (κ3) is 5.19. The van der Waals surface area contributed by atoms with Crippen molar-refractivity contribution in [2.75, 3.05) is 22.9 Å². The monoisotopic (exact) mass is 350 g/mol. The van der Waals surface area contributed by atoms with Gasteiger partial charge in [0.2, 0.25) is 10.0 Å². The van der Waals surface area contributed by atoms with Crippen LogP contribution in [-0.2, 0) is 16.6 Å². The van der Waals surface area contributed by atoms with E-state index in [1.165, 1.54) is 11.4 Å². The lowest BCUT2D eigenvalue weighted by atomic mass is 10.3. The smallest absolute Gasteiger partial charge is 0.231 e. The van der Waals surface area contributed by atoms with Gasteiger partial charge in [-0.1, -0.05) is 12.1 Å². The molecule has 0 radical (unpaired) electrons. The van der Waals surface area contributed by atoms with Crippen LogP contribution < -0.4 is 14.9 Å². The Morgan fingerprint density at radius 3 is 2.74 bits per heavy atom. The molecule has 23 heavy (non-hydrogen) atoms. The molecule has 0 fully saturated rings. The van der Waals surface area contributed by atoms with Crippen LogP contribution in [0.5, 0.6) is 0 Å². The molecule has 0 atom stereocenters. The van der Waals surface area contributed by atoms with Crippen LogP contribution >= 0.6 is 12.2 Å². The summed E-state index contributed by atoms with van der Waals surface area (Å²) in [6.07, 6.45) is 4.63. The van der Waals surface area contributed by atoms with Gasteiger partial charge < -0.3 is 10.6 Å². The van der Waals surface area contributed by atoms with Crippen molar-refractivity contribution in [1.29, 1.82) is 0 Å². The number of sulfonamides is 1. The Bertz CT molecular complexity index is 779. The average Bonchev–Trinajstić information content (AvgIpc) is 2.52. The summed E-state index contributed by atoms with van der Waals surface area (Å²) in [4.78, 5) is 4.03. The largest absolute Gasteiger partial charge is 0.358 e. The van der Waals surface area contributed by atoms with Crippen molar-refractivity contribution in [3.63, 3.8) is 0 Å². The minimum atomic E-state index is -3.30. The van der Waals surface area contributed by atoms with Gasteiger partial charge in [-0.3, -0.25) is 9.29 Å². The van der Waals surface area contributed by atoms with Crippen LogP contribution in [0.2, 0.25) is 0 Å². The highest BCUT2D eigenvalue weighted by Gasteiger charge is 2.12. The molecule has 0 aliphatic carbocycles. The predicted octanol–water partition coefficient (Wildman–Crippen LogP) is 1.96. The number of benzene rings is 1. The van der Waals surface area contributed by atoms with Gasteiger partial charge in [-0.05, 0) is 42.0 Å². The number of nitrogens with zero attached hydrogens (tertiary/aromatic N) is 2. The highest BCUT2D eigenvalue weighted by molar-refractivity contribution is 7.92. The molecular weight excluding hydrogens is 332 g/mol. The molecule has 1 aromatic heterocycles. The zero-order valence-electron chi connectivity index (χ0n) is 12.9. The van der Waals surface area contributed by atoms with Crippen LogP contribution in [0.25, 0.3) is 0 Å². The molecule has 0 saturated carbocycles.